The molecule has 2 unspecified atom stereocenters. The molecule has 0 bridgehead atoms. The summed E-state index contributed by atoms with van der Waals surface area (Å²) in [5, 5.41) is 0. The summed E-state index contributed by atoms with van der Waals surface area (Å²) in [4.78, 5) is 3.17. The molecule has 3 aromatic carbocycles. The first kappa shape index (κ1) is 21.0. The number of methoxy groups -OCH3 is 2. The summed E-state index contributed by atoms with van der Waals surface area (Å²) in [6, 6.07) is 18.3. The van der Waals surface area contributed by atoms with Gasteiger partial charge in [-0.1, -0.05) is 23.8 Å². The van der Waals surface area contributed by atoms with Crippen molar-refractivity contribution in [3.05, 3.63) is 82.4 Å². The van der Waals surface area contributed by atoms with Crippen molar-refractivity contribution in [1.82, 2.24) is 4.90 Å². The van der Waals surface area contributed by atoms with Crippen molar-refractivity contribution in [2.24, 2.45) is 0 Å². The van der Waals surface area contributed by atoms with Crippen molar-refractivity contribution in [2.45, 2.75) is 37.2 Å². The number of ether oxygens (including phenoxy) is 2. The number of hydrogen-bond acceptors (Lipinski definition) is 5. The van der Waals surface area contributed by atoms with Gasteiger partial charge >= 0.3 is 0 Å². The quantitative estimate of drug-likeness (QED) is 0.562. The molecule has 5 nitrogen and oxygen atoms in total. The zero-order valence-corrected chi connectivity index (χ0v) is 19.4. The SMILES string of the molecule is COc1ccc2c(c1)CCN1Cc3cc(OC)c(OS(=O)c4ccc(C)cc4)cc3CC21. The van der Waals surface area contributed by atoms with Crippen LogP contribution in [-0.4, -0.2) is 29.9 Å². The van der Waals surface area contributed by atoms with Crippen LogP contribution in [0.5, 0.6) is 17.2 Å². The van der Waals surface area contributed by atoms with Gasteiger partial charge in [-0.15, -0.1) is 0 Å². The molecule has 32 heavy (non-hydrogen) atoms. The van der Waals surface area contributed by atoms with Gasteiger partial charge in [0.05, 0.1) is 19.1 Å². The summed E-state index contributed by atoms with van der Waals surface area (Å²) in [5.74, 6) is 2.04. The van der Waals surface area contributed by atoms with Crippen molar-refractivity contribution in [2.75, 3.05) is 20.8 Å². The number of hydrogen-bond donors (Lipinski definition) is 0. The van der Waals surface area contributed by atoms with Gasteiger partial charge in [-0.05, 0) is 78.4 Å². The minimum atomic E-state index is -1.61. The summed E-state index contributed by atoms with van der Waals surface area (Å²) in [6.07, 6.45) is 1.90. The second kappa shape index (κ2) is 8.60. The number of aryl methyl sites for hydroxylation is 1. The molecule has 0 spiro atoms. The highest BCUT2D eigenvalue weighted by molar-refractivity contribution is 7.80. The van der Waals surface area contributed by atoms with Crippen LogP contribution < -0.4 is 13.7 Å². The van der Waals surface area contributed by atoms with Crippen molar-refractivity contribution < 1.29 is 17.9 Å². The van der Waals surface area contributed by atoms with E-state index in [1.807, 2.05) is 49.4 Å². The van der Waals surface area contributed by atoms with E-state index in [4.69, 9.17) is 13.7 Å². The molecule has 3 aromatic rings. The molecule has 0 saturated carbocycles. The molecule has 0 fully saturated rings. The Labute approximate surface area is 191 Å². The molecule has 0 amide bonds. The Morgan fingerprint density at radius 2 is 1.69 bits per heavy atom. The zero-order chi connectivity index (χ0) is 22.2. The lowest BCUT2D eigenvalue weighted by Crippen LogP contribution is -2.39. The fourth-order valence-corrected chi connectivity index (χ4v) is 5.46. The van der Waals surface area contributed by atoms with Crippen LogP contribution in [0.1, 0.15) is 33.9 Å². The average molecular weight is 450 g/mol. The molecule has 0 aromatic heterocycles. The monoisotopic (exact) mass is 449 g/mol. The number of nitrogens with zero attached hydrogens (tertiary/aromatic N) is 1. The van der Waals surface area contributed by atoms with E-state index in [-0.39, 0.29) is 0 Å². The molecule has 0 saturated heterocycles. The molecule has 0 aliphatic carbocycles. The number of fused-ring (bicyclic) bond motifs is 4. The predicted molar refractivity (Wildman–Crippen MR) is 125 cm³/mol. The minimum Gasteiger partial charge on any atom is -0.497 e. The highest BCUT2D eigenvalue weighted by Crippen LogP contribution is 2.42. The van der Waals surface area contributed by atoms with Gasteiger partial charge in [0.25, 0.3) is 0 Å². The summed E-state index contributed by atoms with van der Waals surface area (Å²) >= 11 is -1.61. The molecule has 2 heterocycles. The van der Waals surface area contributed by atoms with Gasteiger partial charge in [-0.3, -0.25) is 4.90 Å². The molecule has 0 N–H and O–H groups in total. The minimum absolute atomic E-state index is 0.320. The first-order valence-electron chi connectivity index (χ1n) is 10.8. The van der Waals surface area contributed by atoms with Crippen LogP contribution in [0.4, 0.5) is 0 Å². The smallest absolute Gasteiger partial charge is 0.240 e. The van der Waals surface area contributed by atoms with Crippen LogP contribution in [0.3, 0.4) is 0 Å². The topological polar surface area (TPSA) is 48.0 Å². The lowest BCUT2D eigenvalue weighted by Gasteiger charge is -2.41. The molecule has 2 atom stereocenters. The third-order valence-corrected chi connectivity index (χ3v) is 7.46. The standard InChI is InChI=1S/C26H27NO4S/c1-17-4-7-22(8-5-17)32(28)31-26-14-19-13-24-23-9-6-21(29-2)12-18(23)10-11-27(24)16-20(19)15-25(26)30-3/h4-9,12,14-15,24H,10-11,13,16H2,1-3H3. The number of rotatable bonds is 5. The third kappa shape index (κ3) is 3.89. The molecule has 6 heteroatoms. The van der Waals surface area contributed by atoms with E-state index in [0.29, 0.717) is 22.4 Å². The first-order chi connectivity index (χ1) is 15.6. The maximum atomic E-state index is 12.8. The Morgan fingerprint density at radius 1 is 0.906 bits per heavy atom. The van der Waals surface area contributed by atoms with Crippen LogP contribution in [0.25, 0.3) is 0 Å². The molecule has 5 rings (SSSR count). The van der Waals surface area contributed by atoms with Gasteiger partial charge in [0.2, 0.25) is 11.1 Å². The van der Waals surface area contributed by atoms with E-state index in [2.05, 4.69) is 17.0 Å². The summed E-state index contributed by atoms with van der Waals surface area (Å²) < 4.78 is 29.7. The highest BCUT2D eigenvalue weighted by atomic mass is 32.2. The number of benzene rings is 3. The molecular formula is C26H27NO4S. The van der Waals surface area contributed by atoms with Crippen LogP contribution >= 0.6 is 0 Å². The highest BCUT2D eigenvalue weighted by Gasteiger charge is 2.33. The van der Waals surface area contributed by atoms with Gasteiger partial charge < -0.3 is 13.7 Å². The van der Waals surface area contributed by atoms with Gasteiger partial charge in [0, 0.05) is 19.1 Å². The molecule has 0 radical (unpaired) electrons. The Hall–Kier alpha value is -2.83. The Kier molecular flexibility index (Phi) is 5.66. The van der Waals surface area contributed by atoms with E-state index in [0.717, 1.165) is 37.2 Å². The molecule has 2 aliphatic heterocycles. The fraction of sp³-hybridized carbons (Fsp3) is 0.308. The Morgan fingerprint density at radius 3 is 2.44 bits per heavy atom. The van der Waals surface area contributed by atoms with E-state index in [9.17, 15) is 4.21 Å². The van der Waals surface area contributed by atoms with Gasteiger partial charge in [0.1, 0.15) is 5.75 Å². The molecular weight excluding hydrogens is 422 g/mol. The van der Waals surface area contributed by atoms with Gasteiger partial charge in [-0.2, -0.15) is 0 Å². The molecule has 166 valence electrons. The summed E-state index contributed by atoms with van der Waals surface area (Å²) in [5.41, 5.74) is 6.30. The van der Waals surface area contributed by atoms with E-state index in [1.54, 1.807) is 14.2 Å². The predicted octanol–water partition coefficient (Wildman–Crippen LogP) is 4.77. The van der Waals surface area contributed by atoms with Gasteiger partial charge in [-0.25, -0.2) is 4.21 Å². The van der Waals surface area contributed by atoms with Crippen molar-refractivity contribution in [1.29, 1.82) is 0 Å². The van der Waals surface area contributed by atoms with Crippen molar-refractivity contribution >= 4 is 11.1 Å². The third-order valence-electron chi connectivity index (χ3n) is 6.47. The largest absolute Gasteiger partial charge is 0.497 e. The molecule has 2 aliphatic rings. The average Bonchev–Trinajstić information content (AvgIpc) is 2.82. The lowest BCUT2D eigenvalue weighted by atomic mass is 9.84. The lowest BCUT2D eigenvalue weighted by molar-refractivity contribution is 0.160. The van der Waals surface area contributed by atoms with Crippen LogP contribution in [0.2, 0.25) is 0 Å². The maximum absolute atomic E-state index is 12.8. The Bertz CT molecular complexity index is 1180. The normalized spacial score (nSPS) is 18.2. The van der Waals surface area contributed by atoms with E-state index < -0.39 is 11.1 Å². The first-order valence-corrected chi connectivity index (χ1v) is 11.9. The Balaban J connectivity index is 1.45. The van der Waals surface area contributed by atoms with Crippen molar-refractivity contribution in [3.63, 3.8) is 0 Å². The van der Waals surface area contributed by atoms with E-state index in [1.165, 1.54) is 22.3 Å². The summed E-state index contributed by atoms with van der Waals surface area (Å²) in [6.45, 7) is 3.88. The van der Waals surface area contributed by atoms with Crippen LogP contribution in [0, 0.1) is 6.92 Å². The zero-order valence-electron chi connectivity index (χ0n) is 18.6. The summed E-state index contributed by atoms with van der Waals surface area (Å²) in [7, 11) is 3.34. The fourth-order valence-electron chi connectivity index (χ4n) is 4.71. The van der Waals surface area contributed by atoms with Crippen LogP contribution in [-0.2, 0) is 30.5 Å². The second-order valence-electron chi connectivity index (χ2n) is 8.41. The van der Waals surface area contributed by atoms with Gasteiger partial charge in [0.15, 0.2) is 11.5 Å². The van der Waals surface area contributed by atoms with Crippen molar-refractivity contribution in [3.8, 4) is 17.2 Å². The van der Waals surface area contributed by atoms with E-state index >= 15 is 0 Å². The maximum Gasteiger partial charge on any atom is 0.240 e. The van der Waals surface area contributed by atoms with Crippen LogP contribution in [0.15, 0.2) is 59.5 Å². The second-order valence-corrected chi connectivity index (χ2v) is 9.52.